The van der Waals surface area contributed by atoms with Gasteiger partial charge in [-0.05, 0) is 49.6 Å². The van der Waals surface area contributed by atoms with Gasteiger partial charge in [0.2, 0.25) is 0 Å². The third-order valence-corrected chi connectivity index (χ3v) is 5.47. The lowest BCUT2D eigenvalue weighted by Crippen LogP contribution is -1.96. The van der Waals surface area contributed by atoms with Crippen molar-refractivity contribution < 1.29 is 0 Å². The zero-order valence-corrected chi connectivity index (χ0v) is 17.5. The van der Waals surface area contributed by atoms with E-state index in [0.717, 1.165) is 22.1 Å². The lowest BCUT2D eigenvalue weighted by molar-refractivity contribution is 0.607. The van der Waals surface area contributed by atoms with Gasteiger partial charge in [0, 0.05) is 15.4 Å². The van der Waals surface area contributed by atoms with Crippen LogP contribution in [0.4, 0.5) is 0 Å². The first kappa shape index (κ1) is 19.1. The molecule has 3 aromatic rings. The van der Waals surface area contributed by atoms with Gasteiger partial charge in [-0.15, -0.1) is 0 Å². The van der Waals surface area contributed by atoms with Crippen LogP contribution < -0.4 is 0 Å². The molecule has 0 unspecified atom stereocenters. The first-order valence-corrected chi connectivity index (χ1v) is 10.6. The number of hydrogen-bond acceptors (Lipinski definition) is 1. The summed E-state index contributed by atoms with van der Waals surface area (Å²) in [6.45, 7) is 4.40. The van der Waals surface area contributed by atoms with Crippen LogP contribution in [-0.2, 0) is 6.42 Å². The molecule has 0 aliphatic carbocycles. The Balaban J connectivity index is 1.87. The molecule has 0 fully saturated rings. The minimum atomic E-state index is 1.07. The molecule has 0 saturated carbocycles. The fourth-order valence-corrected chi connectivity index (χ4v) is 3.82. The quantitative estimate of drug-likeness (QED) is 0.344. The Kier molecular flexibility index (Phi) is 6.85. The summed E-state index contributed by atoms with van der Waals surface area (Å²) >= 11 is 3.59. The van der Waals surface area contributed by atoms with Crippen LogP contribution in [0.5, 0.6) is 0 Å². The highest BCUT2D eigenvalue weighted by atomic mass is 79.9. The summed E-state index contributed by atoms with van der Waals surface area (Å²) in [4.78, 5) is 5.02. The number of benzene rings is 2. The molecular formula is C24H28BrN. The third kappa shape index (κ3) is 4.94. The number of rotatable bonds is 8. The summed E-state index contributed by atoms with van der Waals surface area (Å²) in [5.74, 6) is 0. The maximum absolute atomic E-state index is 5.02. The fraction of sp³-hybridized carbons (Fsp3) is 0.375. The van der Waals surface area contributed by atoms with Gasteiger partial charge in [0.25, 0.3) is 0 Å². The predicted molar refractivity (Wildman–Crippen MR) is 117 cm³/mol. The summed E-state index contributed by atoms with van der Waals surface area (Å²) < 4.78 is 1.11. The topological polar surface area (TPSA) is 12.9 Å². The average molecular weight is 410 g/mol. The standard InChI is InChI=1S/C24H28BrN/c1-3-4-5-6-7-8-9-20-16-21-17-22(25)14-15-23(21)26-24(20)19-12-10-18(2)11-13-19/h10-17H,3-9H2,1-2H3. The molecule has 1 aromatic heterocycles. The van der Waals surface area contributed by atoms with Gasteiger partial charge in [-0.1, -0.05) is 84.8 Å². The molecule has 0 aliphatic heterocycles. The van der Waals surface area contributed by atoms with Crippen molar-refractivity contribution in [3.8, 4) is 11.3 Å². The first-order valence-electron chi connectivity index (χ1n) is 9.83. The molecule has 26 heavy (non-hydrogen) atoms. The minimum absolute atomic E-state index is 1.07. The molecule has 0 atom stereocenters. The molecular weight excluding hydrogens is 382 g/mol. The van der Waals surface area contributed by atoms with E-state index in [0.29, 0.717) is 0 Å². The molecule has 0 N–H and O–H groups in total. The molecule has 0 saturated heterocycles. The van der Waals surface area contributed by atoms with Crippen LogP contribution in [0.1, 0.15) is 56.6 Å². The number of fused-ring (bicyclic) bond motifs is 1. The zero-order chi connectivity index (χ0) is 18.4. The summed E-state index contributed by atoms with van der Waals surface area (Å²) in [7, 11) is 0. The minimum Gasteiger partial charge on any atom is -0.248 e. The number of aryl methyl sites for hydroxylation is 2. The van der Waals surface area contributed by atoms with Gasteiger partial charge in [-0.2, -0.15) is 0 Å². The van der Waals surface area contributed by atoms with Crippen molar-refractivity contribution >= 4 is 26.8 Å². The summed E-state index contributed by atoms with van der Waals surface area (Å²) in [6, 6.07) is 17.4. The van der Waals surface area contributed by atoms with E-state index in [4.69, 9.17) is 4.98 Å². The van der Waals surface area contributed by atoms with E-state index in [1.54, 1.807) is 0 Å². The van der Waals surface area contributed by atoms with Crippen LogP contribution in [0.25, 0.3) is 22.2 Å². The van der Waals surface area contributed by atoms with Crippen LogP contribution in [0.2, 0.25) is 0 Å². The second-order valence-corrected chi connectivity index (χ2v) is 8.13. The normalized spacial score (nSPS) is 11.2. The van der Waals surface area contributed by atoms with Crippen molar-refractivity contribution in [1.82, 2.24) is 4.98 Å². The van der Waals surface area contributed by atoms with Gasteiger partial charge in [-0.3, -0.25) is 0 Å². The fourth-order valence-electron chi connectivity index (χ4n) is 3.44. The largest absolute Gasteiger partial charge is 0.248 e. The van der Waals surface area contributed by atoms with Crippen molar-refractivity contribution in [1.29, 1.82) is 0 Å². The number of nitrogens with zero attached hydrogens (tertiary/aromatic N) is 1. The van der Waals surface area contributed by atoms with Crippen molar-refractivity contribution in [2.45, 2.75) is 58.8 Å². The molecule has 3 rings (SSSR count). The second-order valence-electron chi connectivity index (χ2n) is 7.22. The molecule has 2 aromatic carbocycles. The maximum atomic E-state index is 5.02. The molecule has 0 aliphatic rings. The monoisotopic (exact) mass is 409 g/mol. The molecule has 1 nitrogen and oxygen atoms in total. The van der Waals surface area contributed by atoms with Crippen LogP contribution >= 0.6 is 15.9 Å². The Labute approximate surface area is 166 Å². The van der Waals surface area contributed by atoms with E-state index in [2.05, 4.69) is 78.3 Å². The highest BCUT2D eigenvalue weighted by molar-refractivity contribution is 9.10. The molecule has 0 radical (unpaired) electrons. The molecule has 1 heterocycles. The molecule has 2 heteroatoms. The predicted octanol–water partition coefficient (Wildman–Crippen LogP) is 7.88. The van der Waals surface area contributed by atoms with Crippen molar-refractivity contribution in [2.75, 3.05) is 0 Å². The lowest BCUT2D eigenvalue weighted by Gasteiger charge is -2.12. The highest BCUT2D eigenvalue weighted by Gasteiger charge is 2.10. The first-order chi connectivity index (χ1) is 12.7. The van der Waals surface area contributed by atoms with Gasteiger partial charge < -0.3 is 0 Å². The average Bonchev–Trinajstić information content (AvgIpc) is 2.64. The van der Waals surface area contributed by atoms with Crippen LogP contribution in [-0.4, -0.2) is 4.98 Å². The van der Waals surface area contributed by atoms with E-state index < -0.39 is 0 Å². The van der Waals surface area contributed by atoms with Crippen LogP contribution in [0.15, 0.2) is 53.0 Å². The molecule has 0 amide bonds. The zero-order valence-electron chi connectivity index (χ0n) is 15.9. The summed E-state index contributed by atoms with van der Waals surface area (Å²) in [5, 5.41) is 1.22. The number of hydrogen-bond donors (Lipinski definition) is 0. The van der Waals surface area contributed by atoms with Crippen molar-refractivity contribution in [2.24, 2.45) is 0 Å². The van der Waals surface area contributed by atoms with Gasteiger partial charge in [0.15, 0.2) is 0 Å². The Morgan fingerprint density at radius 1 is 0.846 bits per heavy atom. The van der Waals surface area contributed by atoms with Crippen molar-refractivity contribution in [3.05, 3.63) is 64.1 Å². The van der Waals surface area contributed by atoms with E-state index in [1.807, 2.05) is 0 Å². The Hall–Kier alpha value is -1.67. The Morgan fingerprint density at radius 3 is 2.35 bits per heavy atom. The number of halogens is 1. The Bertz CT molecular complexity index is 852. The van der Waals surface area contributed by atoms with E-state index >= 15 is 0 Å². The summed E-state index contributed by atoms with van der Waals surface area (Å²) in [6.07, 6.45) is 9.03. The van der Waals surface area contributed by atoms with Gasteiger partial charge in [-0.25, -0.2) is 4.98 Å². The van der Waals surface area contributed by atoms with Gasteiger partial charge >= 0.3 is 0 Å². The number of aromatic nitrogens is 1. The molecule has 0 bridgehead atoms. The van der Waals surface area contributed by atoms with E-state index in [9.17, 15) is 0 Å². The lowest BCUT2D eigenvalue weighted by atomic mass is 9.97. The number of unbranched alkanes of at least 4 members (excludes halogenated alkanes) is 5. The van der Waals surface area contributed by atoms with Gasteiger partial charge in [0.05, 0.1) is 11.2 Å². The number of pyridine rings is 1. The van der Waals surface area contributed by atoms with Crippen LogP contribution in [0.3, 0.4) is 0 Å². The van der Waals surface area contributed by atoms with E-state index in [-0.39, 0.29) is 0 Å². The van der Waals surface area contributed by atoms with Gasteiger partial charge in [0.1, 0.15) is 0 Å². The molecule has 136 valence electrons. The SMILES string of the molecule is CCCCCCCCc1cc2cc(Br)ccc2nc1-c1ccc(C)cc1. The van der Waals surface area contributed by atoms with E-state index in [1.165, 1.54) is 60.6 Å². The van der Waals surface area contributed by atoms with Crippen LogP contribution in [0, 0.1) is 6.92 Å². The highest BCUT2D eigenvalue weighted by Crippen LogP contribution is 2.29. The maximum Gasteiger partial charge on any atom is 0.0741 e. The second kappa shape index (κ2) is 9.32. The van der Waals surface area contributed by atoms with Crippen molar-refractivity contribution in [3.63, 3.8) is 0 Å². The summed E-state index contributed by atoms with van der Waals surface area (Å²) in [5.41, 5.74) is 6.09. The Morgan fingerprint density at radius 2 is 1.58 bits per heavy atom. The smallest absolute Gasteiger partial charge is 0.0741 e. The molecule has 0 spiro atoms. The third-order valence-electron chi connectivity index (χ3n) is 4.98.